The van der Waals surface area contributed by atoms with Crippen LogP contribution in [0.4, 0.5) is 0 Å². The van der Waals surface area contributed by atoms with Gasteiger partial charge in [-0.05, 0) is 32.1 Å². The van der Waals surface area contributed by atoms with Gasteiger partial charge in [0.15, 0.2) is 0 Å². The average molecular weight is 393 g/mol. The van der Waals surface area contributed by atoms with Gasteiger partial charge in [0.2, 0.25) is 0 Å². The van der Waals surface area contributed by atoms with E-state index in [1.165, 1.54) is 70.6 Å². The number of hydrogen-bond acceptors (Lipinski definition) is 1. The average Bonchev–Trinajstić information content (AvgIpc) is 2.43. The molecule has 0 rings (SSSR count). The number of unbranched alkanes of at least 4 members (excludes halogenated alkanes) is 11. The van der Waals surface area contributed by atoms with Crippen molar-refractivity contribution in [1.29, 1.82) is 0 Å². The van der Waals surface area contributed by atoms with Crippen LogP contribution in [0.2, 0.25) is 0 Å². The van der Waals surface area contributed by atoms with Gasteiger partial charge in [-0.3, -0.25) is 4.79 Å². The Morgan fingerprint density at radius 2 is 1.13 bits per heavy atom. The van der Waals surface area contributed by atoms with Crippen molar-refractivity contribution in [3.05, 3.63) is 12.2 Å². The van der Waals surface area contributed by atoms with E-state index >= 15 is 0 Å². The Hall–Kier alpha value is 1.05. The molecule has 0 aliphatic rings. The molecule has 0 aromatic carbocycles. The molecule has 0 heterocycles. The maximum absolute atomic E-state index is 10.3. The molecular weight excluding hydrogens is 359 g/mol. The fraction of sp³-hybridized carbons (Fsp3) is 0.833. The molecule has 0 saturated heterocycles. The number of carbonyl (C=O) groups is 1. The van der Waals surface area contributed by atoms with E-state index in [1.807, 2.05) is 0 Å². The summed E-state index contributed by atoms with van der Waals surface area (Å²) in [6.45, 7) is 2.26. The molecule has 0 aliphatic heterocycles. The summed E-state index contributed by atoms with van der Waals surface area (Å²) in [7, 11) is 0. The second kappa shape index (κ2) is 27.9. The summed E-state index contributed by atoms with van der Waals surface area (Å²) in [5.74, 6) is -0.664. The predicted octanol–water partition coefficient (Wildman–Crippen LogP) is -0.264. The van der Waals surface area contributed by atoms with Gasteiger partial charge in [0, 0.05) is 6.42 Å². The molecule has 0 aromatic rings. The molecule has 0 atom stereocenters. The molecule has 0 aromatic heterocycles. The second-order valence-electron chi connectivity index (χ2n) is 5.73. The fourth-order valence-corrected chi connectivity index (χ4v) is 2.35. The van der Waals surface area contributed by atoms with E-state index in [0.717, 1.165) is 12.8 Å². The van der Waals surface area contributed by atoms with Crippen molar-refractivity contribution in [2.75, 3.05) is 0 Å². The van der Waals surface area contributed by atoms with Gasteiger partial charge in [-0.1, -0.05) is 70.4 Å². The summed E-state index contributed by atoms with van der Waals surface area (Å²) in [6, 6.07) is 0. The number of hydrogen-bond donors (Lipinski definition) is 1. The SMILES string of the molecule is CCCCCCCC/C=C\CCCCCCCC(=O)O.[Ca+2].[Cl-].[Cl-]. The van der Waals surface area contributed by atoms with Crippen LogP contribution in [-0.2, 0) is 4.79 Å². The topological polar surface area (TPSA) is 37.3 Å². The molecule has 0 unspecified atom stereocenters. The van der Waals surface area contributed by atoms with Crippen LogP contribution in [0.5, 0.6) is 0 Å². The van der Waals surface area contributed by atoms with Crippen LogP contribution in [0.1, 0.15) is 96.8 Å². The van der Waals surface area contributed by atoms with Crippen molar-refractivity contribution in [1.82, 2.24) is 0 Å². The standard InChI is InChI=1S/C18H34O2.Ca.2ClH/c1-2-3-4-5-6-7-8-9-10-11-12-13-14-15-16-17-18(19)20;;;/h9-10H,2-8,11-17H2,1H3,(H,19,20);;2*1H/q;+2;;/p-2/b10-9-;;;. The van der Waals surface area contributed by atoms with E-state index in [0.29, 0.717) is 6.42 Å². The zero-order chi connectivity index (χ0) is 14.9. The van der Waals surface area contributed by atoms with Crippen LogP contribution >= 0.6 is 0 Å². The zero-order valence-corrected chi connectivity index (χ0v) is 18.6. The number of aliphatic carboxylic acids is 1. The minimum atomic E-state index is -0.664. The Bertz CT molecular complexity index is 249. The van der Waals surface area contributed by atoms with Crippen molar-refractivity contribution in [2.24, 2.45) is 0 Å². The smallest absolute Gasteiger partial charge is 1.00 e. The maximum atomic E-state index is 10.3. The normalized spacial score (nSPS) is 9.78. The largest absolute Gasteiger partial charge is 2.00 e. The van der Waals surface area contributed by atoms with Crippen LogP contribution in [0, 0.1) is 0 Å². The van der Waals surface area contributed by atoms with Crippen LogP contribution in [0.25, 0.3) is 0 Å². The number of halogens is 2. The summed E-state index contributed by atoms with van der Waals surface area (Å²) in [6.07, 6.45) is 21.2. The number of rotatable bonds is 15. The summed E-state index contributed by atoms with van der Waals surface area (Å²) in [5.41, 5.74) is 0. The van der Waals surface area contributed by atoms with Crippen molar-refractivity contribution >= 4 is 43.7 Å². The maximum Gasteiger partial charge on any atom is 2.00 e. The molecule has 0 spiro atoms. The van der Waals surface area contributed by atoms with Gasteiger partial charge in [0.25, 0.3) is 0 Å². The third kappa shape index (κ3) is 31.3. The first-order valence-corrected chi connectivity index (χ1v) is 8.64. The minimum Gasteiger partial charge on any atom is -1.00 e. The van der Waals surface area contributed by atoms with Gasteiger partial charge in [-0.25, -0.2) is 0 Å². The van der Waals surface area contributed by atoms with Gasteiger partial charge >= 0.3 is 43.7 Å². The molecule has 5 heteroatoms. The Kier molecular flexibility index (Phi) is 38.5. The molecule has 0 amide bonds. The third-order valence-corrected chi connectivity index (χ3v) is 3.65. The number of carboxylic acids is 1. The monoisotopic (exact) mass is 392 g/mol. The summed E-state index contributed by atoms with van der Waals surface area (Å²) < 4.78 is 0. The van der Waals surface area contributed by atoms with E-state index in [2.05, 4.69) is 19.1 Å². The molecule has 2 nitrogen and oxygen atoms in total. The Morgan fingerprint density at radius 3 is 1.57 bits per heavy atom. The van der Waals surface area contributed by atoms with E-state index in [1.54, 1.807) is 0 Å². The van der Waals surface area contributed by atoms with Gasteiger partial charge in [0.1, 0.15) is 0 Å². The third-order valence-electron chi connectivity index (χ3n) is 3.65. The Balaban J connectivity index is -0.000000602. The minimum absolute atomic E-state index is 0. The quantitative estimate of drug-likeness (QED) is 0.236. The van der Waals surface area contributed by atoms with Crippen molar-refractivity contribution in [3.8, 4) is 0 Å². The van der Waals surface area contributed by atoms with E-state index in [-0.39, 0.29) is 62.6 Å². The summed E-state index contributed by atoms with van der Waals surface area (Å²) >= 11 is 0. The van der Waals surface area contributed by atoms with Crippen LogP contribution < -0.4 is 24.8 Å². The fourth-order valence-electron chi connectivity index (χ4n) is 2.35. The van der Waals surface area contributed by atoms with Gasteiger partial charge in [-0.2, -0.15) is 0 Å². The first kappa shape index (κ1) is 31.8. The zero-order valence-electron chi connectivity index (χ0n) is 14.9. The molecular formula is C18H34CaCl2O2. The molecule has 0 aliphatic carbocycles. The van der Waals surface area contributed by atoms with Crippen molar-refractivity contribution < 1.29 is 34.7 Å². The van der Waals surface area contributed by atoms with Gasteiger partial charge < -0.3 is 29.9 Å². The molecule has 0 radical (unpaired) electrons. The van der Waals surface area contributed by atoms with E-state index in [4.69, 9.17) is 5.11 Å². The van der Waals surface area contributed by atoms with E-state index < -0.39 is 5.97 Å². The summed E-state index contributed by atoms with van der Waals surface area (Å²) in [4.78, 5) is 10.3. The molecule has 0 fully saturated rings. The molecule has 134 valence electrons. The van der Waals surface area contributed by atoms with Gasteiger partial charge in [0.05, 0.1) is 0 Å². The Labute approximate surface area is 186 Å². The number of carboxylic acid groups (broad SMARTS) is 1. The van der Waals surface area contributed by atoms with Crippen molar-refractivity contribution in [3.63, 3.8) is 0 Å². The first-order chi connectivity index (χ1) is 9.77. The number of allylic oxidation sites excluding steroid dienone is 2. The van der Waals surface area contributed by atoms with Crippen molar-refractivity contribution in [2.45, 2.75) is 96.8 Å². The second-order valence-corrected chi connectivity index (χ2v) is 5.73. The van der Waals surface area contributed by atoms with E-state index in [9.17, 15) is 4.79 Å². The van der Waals surface area contributed by atoms with Crippen LogP contribution in [0.15, 0.2) is 12.2 Å². The molecule has 1 N–H and O–H groups in total. The van der Waals surface area contributed by atoms with Crippen LogP contribution in [-0.4, -0.2) is 48.8 Å². The summed E-state index contributed by atoms with van der Waals surface area (Å²) in [5, 5.41) is 8.51. The molecule has 23 heavy (non-hydrogen) atoms. The first-order valence-electron chi connectivity index (χ1n) is 8.64. The predicted molar refractivity (Wildman–Crippen MR) is 92.8 cm³/mol. The van der Waals surface area contributed by atoms with Crippen LogP contribution in [0.3, 0.4) is 0 Å². The molecule has 0 saturated carbocycles. The molecule has 0 bridgehead atoms. The van der Waals surface area contributed by atoms with Gasteiger partial charge in [-0.15, -0.1) is 0 Å². The Morgan fingerprint density at radius 1 is 0.739 bits per heavy atom.